The molecule has 0 bridgehead atoms. The summed E-state index contributed by atoms with van der Waals surface area (Å²) in [4.78, 5) is 14.4. The lowest BCUT2D eigenvalue weighted by Gasteiger charge is -2.30. The molecule has 1 aromatic carbocycles. The third-order valence-corrected chi connectivity index (χ3v) is 5.09. The minimum absolute atomic E-state index is 0.0726. The molecule has 0 spiro atoms. The molecule has 2 rings (SSSR count). The number of aliphatic hydroxyl groups excluding tert-OH is 1. The molecule has 1 saturated heterocycles. The van der Waals surface area contributed by atoms with Gasteiger partial charge in [-0.15, -0.1) is 0 Å². The van der Waals surface area contributed by atoms with Crippen LogP contribution in [0, 0.1) is 0 Å². The first kappa shape index (κ1) is 17.3. The molecule has 0 radical (unpaired) electrons. The van der Waals surface area contributed by atoms with Crippen LogP contribution in [0.2, 0.25) is 0 Å². The Hall–Kier alpha value is -1.04. The second-order valence-corrected chi connectivity index (χ2v) is 7.24. The van der Waals surface area contributed by atoms with Gasteiger partial charge in [0.2, 0.25) is 5.91 Å². The lowest BCUT2D eigenvalue weighted by molar-refractivity contribution is -0.116. The smallest absolute Gasteiger partial charge is 0.225 e. The minimum Gasteiger partial charge on any atom is -0.393 e. The number of para-hydroxylation sites is 1. The molecule has 1 aliphatic heterocycles. The van der Waals surface area contributed by atoms with E-state index >= 15 is 0 Å². The molecule has 4 nitrogen and oxygen atoms in total. The number of amides is 1. The Morgan fingerprint density at radius 1 is 1.41 bits per heavy atom. The molecule has 1 unspecified atom stereocenters. The fraction of sp³-hybridized carbons (Fsp3) is 0.588. The van der Waals surface area contributed by atoms with Gasteiger partial charge in [-0.05, 0) is 30.7 Å². The van der Waals surface area contributed by atoms with Crippen molar-refractivity contribution in [3.8, 4) is 0 Å². The molecule has 0 saturated carbocycles. The Kier molecular flexibility index (Phi) is 6.73. The van der Waals surface area contributed by atoms with Gasteiger partial charge in [0.05, 0.1) is 6.10 Å². The number of anilines is 1. The fourth-order valence-corrected chi connectivity index (χ4v) is 2.96. The van der Waals surface area contributed by atoms with E-state index in [9.17, 15) is 9.90 Å². The Morgan fingerprint density at radius 3 is 2.77 bits per heavy atom. The van der Waals surface area contributed by atoms with Crippen molar-refractivity contribution in [3.05, 3.63) is 29.8 Å². The maximum Gasteiger partial charge on any atom is 0.225 e. The van der Waals surface area contributed by atoms with Crippen LogP contribution in [-0.4, -0.2) is 46.6 Å². The van der Waals surface area contributed by atoms with Gasteiger partial charge in [-0.1, -0.05) is 25.1 Å². The second kappa shape index (κ2) is 8.56. The van der Waals surface area contributed by atoms with Crippen LogP contribution in [-0.2, 0) is 11.3 Å². The van der Waals surface area contributed by atoms with Gasteiger partial charge in [0.25, 0.3) is 0 Å². The summed E-state index contributed by atoms with van der Waals surface area (Å²) in [7, 11) is 0. The standard InChI is InChI=1S/C17H26N2O2S/c1-13(22-2)11-17(21)18-16-6-4-3-5-14(16)12-19-9-7-15(20)8-10-19/h3-6,13,15,20H,7-12H2,1-2H3,(H,18,21). The number of carbonyl (C=O) groups excluding carboxylic acids is 1. The second-order valence-electron chi connectivity index (χ2n) is 5.96. The predicted octanol–water partition coefficient (Wildman–Crippen LogP) is 2.72. The van der Waals surface area contributed by atoms with Crippen molar-refractivity contribution in [1.82, 2.24) is 4.90 Å². The zero-order valence-corrected chi connectivity index (χ0v) is 14.2. The SMILES string of the molecule is CSC(C)CC(=O)Nc1ccccc1CN1CCC(O)CC1. The third kappa shape index (κ3) is 5.30. The van der Waals surface area contributed by atoms with Gasteiger partial charge in [-0.2, -0.15) is 11.8 Å². The Balaban J connectivity index is 1.96. The molecule has 22 heavy (non-hydrogen) atoms. The lowest BCUT2D eigenvalue weighted by Crippen LogP contribution is -2.35. The number of nitrogens with zero attached hydrogens (tertiary/aromatic N) is 1. The van der Waals surface area contributed by atoms with E-state index in [1.807, 2.05) is 24.5 Å². The number of aliphatic hydroxyl groups is 1. The van der Waals surface area contributed by atoms with Crippen LogP contribution in [0.15, 0.2) is 24.3 Å². The summed E-state index contributed by atoms with van der Waals surface area (Å²) in [5.74, 6) is 0.0726. The van der Waals surface area contributed by atoms with Crippen LogP contribution < -0.4 is 5.32 Å². The molecule has 1 aromatic rings. The molecular formula is C17H26N2O2S. The number of thioether (sulfide) groups is 1. The first-order valence-electron chi connectivity index (χ1n) is 7.89. The molecule has 1 fully saturated rings. The van der Waals surface area contributed by atoms with E-state index in [-0.39, 0.29) is 12.0 Å². The quantitative estimate of drug-likeness (QED) is 0.845. The summed E-state index contributed by atoms with van der Waals surface area (Å²) >= 11 is 1.70. The van der Waals surface area contributed by atoms with Gasteiger partial charge in [-0.3, -0.25) is 9.69 Å². The van der Waals surface area contributed by atoms with E-state index in [0.717, 1.165) is 43.7 Å². The van der Waals surface area contributed by atoms with Crippen LogP contribution in [0.3, 0.4) is 0 Å². The topological polar surface area (TPSA) is 52.6 Å². The molecule has 2 N–H and O–H groups in total. The average Bonchev–Trinajstić information content (AvgIpc) is 2.51. The summed E-state index contributed by atoms with van der Waals surface area (Å²) in [5, 5.41) is 13.0. The van der Waals surface area contributed by atoms with E-state index in [4.69, 9.17) is 0 Å². The Bertz CT molecular complexity index is 487. The van der Waals surface area contributed by atoms with Gasteiger partial charge in [0.1, 0.15) is 0 Å². The first-order chi connectivity index (χ1) is 10.6. The zero-order chi connectivity index (χ0) is 15.9. The molecule has 1 aliphatic rings. The zero-order valence-electron chi connectivity index (χ0n) is 13.4. The monoisotopic (exact) mass is 322 g/mol. The molecule has 1 atom stereocenters. The van der Waals surface area contributed by atoms with Crippen molar-refractivity contribution in [2.75, 3.05) is 24.7 Å². The number of rotatable bonds is 6. The van der Waals surface area contributed by atoms with Crippen molar-refractivity contribution < 1.29 is 9.90 Å². The molecule has 122 valence electrons. The molecule has 1 heterocycles. The van der Waals surface area contributed by atoms with Crippen LogP contribution in [0.4, 0.5) is 5.69 Å². The molecule has 5 heteroatoms. The summed E-state index contributed by atoms with van der Waals surface area (Å²) < 4.78 is 0. The van der Waals surface area contributed by atoms with Crippen LogP contribution in [0.25, 0.3) is 0 Å². The number of hydrogen-bond acceptors (Lipinski definition) is 4. The maximum absolute atomic E-state index is 12.1. The van der Waals surface area contributed by atoms with Crippen LogP contribution in [0.1, 0.15) is 31.7 Å². The van der Waals surface area contributed by atoms with Gasteiger partial charge >= 0.3 is 0 Å². The van der Waals surface area contributed by atoms with E-state index in [1.165, 1.54) is 0 Å². The summed E-state index contributed by atoms with van der Waals surface area (Å²) in [6.45, 7) is 4.70. The highest BCUT2D eigenvalue weighted by atomic mass is 32.2. The minimum atomic E-state index is -0.153. The van der Waals surface area contributed by atoms with Crippen LogP contribution >= 0.6 is 11.8 Å². The maximum atomic E-state index is 12.1. The number of carbonyl (C=O) groups is 1. The van der Waals surface area contributed by atoms with E-state index in [2.05, 4.69) is 23.2 Å². The molecule has 1 amide bonds. The van der Waals surface area contributed by atoms with Crippen LogP contribution in [0.5, 0.6) is 0 Å². The van der Waals surface area contributed by atoms with Crippen molar-refractivity contribution in [2.24, 2.45) is 0 Å². The highest BCUT2D eigenvalue weighted by molar-refractivity contribution is 7.99. The van der Waals surface area contributed by atoms with E-state index < -0.39 is 0 Å². The third-order valence-electron chi connectivity index (χ3n) is 4.12. The van der Waals surface area contributed by atoms with Gasteiger partial charge in [0.15, 0.2) is 0 Å². The van der Waals surface area contributed by atoms with Gasteiger partial charge in [-0.25, -0.2) is 0 Å². The van der Waals surface area contributed by atoms with Gasteiger partial charge in [0, 0.05) is 37.0 Å². The molecular weight excluding hydrogens is 296 g/mol. The number of nitrogens with one attached hydrogen (secondary N) is 1. The van der Waals surface area contributed by atoms with Gasteiger partial charge < -0.3 is 10.4 Å². The highest BCUT2D eigenvalue weighted by Gasteiger charge is 2.18. The lowest BCUT2D eigenvalue weighted by atomic mass is 10.1. The van der Waals surface area contributed by atoms with Crippen molar-refractivity contribution in [1.29, 1.82) is 0 Å². The van der Waals surface area contributed by atoms with Crippen molar-refractivity contribution >= 4 is 23.4 Å². The summed E-state index contributed by atoms with van der Waals surface area (Å²) in [5.41, 5.74) is 2.05. The Labute approximate surface area is 137 Å². The number of piperidine rings is 1. The largest absolute Gasteiger partial charge is 0.393 e. The summed E-state index contributed by atoms with van der Waals surface area (Å²) in [6, 6.07) is 8.00. The Morgan fingerprint density at radius 2 is 2.09 bits per heavy atom. The average molecular weight is 322 g/mol. The summed E-state index contributed by atoms with van der Waals surface area (Å²) in [6.07, 6.45) is 4.07. The number of likely N-dealkylation sites (tertiary alicyclic amines) is 1. The normalized spacial score (nSPS) is 18.1. The van der Waals surface area contributed by atoms with E-state index in [1.54, 1.807) is 11.8 Å². The molecule has 0 aliphatic carbocycles. The van der Waals surface area contributed by atoms with E-state index in [0.29, 0.717) is 11.7 Å². The van der Waals surface area contributed by atoms with Crippen molar-refractivity contribution in [2.45, 2.75) is 44.1 Å². The predicted molar refractivity (Wildman–Crippen MR) is 93.2 cm³/mol. The number of benzene rings is 1. The highest BCUT2D eigenvalue weighted by Crippen LogP contribution is 2.21. The van der Waals surface area contributed by atoms with Crippen molar-refractivity contribution in [3.63, 3.8) is 0 Å². The fourth-order valence-electron chi connectivity index (χ4n) is 2.64. The number of hydrogen-bond donors (Lipinski definition) is 2. The molecule has 0 aromatic heterocycles. The first-order valence-corrected chi connectivity index (χ1v) is 9.18.